The number of piperazine rings is 1. The lowest BCUT2D eigenvalue weighted by molar-refractivity contribution is -0.137. The maximum Gasteiger partial charge on any atom is 0.416 e. The van der Waals surface area contributed by atoms with E-state index in [4.69, 9.17) is 0 Å². The van der Waals surface area contributed by atoms with Crippen molar-refractivity contribution in [1.29, 1.82) is 0 Å². The number of nitrogens with one attached hydrogen (secondary N) is 1. The number of rotatable bonds is 6. The van der Waals surface area contributed by atoms with Crippen molar-refractivity contribution >= 4 is 11.7 Å². The molecule has 2 aliphatic rings. The monoisotopic (exact) mass is 463 g/mol. The van der Waals surface area contributed by atoms with Crippen LogP contribution in [-0.2, 0) is 13.2 Å². The second kappa shape index (κ2) is 10.1. The van der Waals surface area contributed by atoms with Crippen LogP contribution in [-0.4, -0.2) is 66.2 Å². The van der Waals surface area contributed by atoms with Crippen LogP contribution in [0.5, 0.6) is 0 Å². The number of nitrogens with zero attached hydrogens (tertiary/aromatic N) is 4. The number of carbonyl (C=O) groups is 1. The van der Waals surface area contributed by atoms with E-state index in [1.807, 2.05) is 29.1 Å². The summed E-state index contributed by atoms with van der Waals surface area (Å²) < 4.78 is 41.0. The number of carbonyl (C=O) groups excluding carboxylic acids is 1. The quantitative estimate of drug-likeness (QED) is 0.656. The van der Waals surface area contributed by atoms with E-state index in [0.29, 0.717) is 25.3 Å². The Kier molecular flexibility index (Phi) is 7.17. The average Bonchev–Trinajstić information content (AvgIpc) is 3.45. The van der Waals surface area contributed by atoms with Crippen LogP contribution in [0, 0.1) is 0 Å². The molecule has 2 aliphatic heterocycles. The molecule has 2 saturated heterocycles. The molecule has 0 spiro atoms. The number of amides is 2. The Labute approximate surface area is 192 Å². The SMILES string of the molecule is Cn1cccc1C1CCCN1C(=O)NCCCN1CCN(c2cccc(C(F)(F)F)c2)CC1. The first-order chi connectivity index (χ1) is 15.8. The highest BCUT2D eigenvalue weighted by Gasteiger charge is 2.32. The third-order valence-electron chi connectivity index (χ3n) is 6.68. The van der Waals surface area contributed by atoms with Crippen LogP contribution >= 0.6 is 0 Å². The van der Waals surface area contributed by atoms with Crippen molar-refractivity contribution in [2.24, 2.45) is 7.05 Å². The third kappa shape index (κ3) is 5.63. The van der Waals surface area contributed by atoms with Gasteiger partial charge in [0.15, 0.2) is 0 Å². The number of urea groups is 1. The zero-order chi connectivity index (χ0) is 23.4. The maximum absolute atomic E-state index is 13.0. The molecule has 180 valence electrons. The highest BCUT2D eigenvalue weighted by Crippen LogP contribution is 2.32. The normalized spacial score (nSPS) is 19.8. The summed E-state index contributed by atoms with van der Waals surface area (Å²) in [5.41, 5.74) is 1.18. The Hall–Kier alpha value is -2.68. The van der Waals surface area contributed by atoms with Gasteiger partial charge in [-0.15, -0.1) is 0 Å². The predicted molar refractivity (Wildman–Crippen MR) is 122 cm³/mol. The van der Waals surface area contributed by atoms with Gasteiger partial charge in [-0.25, -0.2) is 4.79 Å². The molecule has 1 aromatic carbocycles. The Bertz CT molecular complexity index is 936. The summed E-state index contributed by atoms with van der Waals surface area (Å²) in [6, 6.07) is 9.76. The van der Waals surface area contributed by atoms with Gasteiger partial charge in [-0.2, -0.15) is 13.2 Å². The topological polar surface area (TPSA) is 43.8 Å². The van der Waals surface area contributed by atoms with Crippen molar-refractivity contribution < 1.29 is 18.0 Å². The lowest BCUT2D eigenvalue weighted by Crippen LogP contribution is -2.47. The van der Waals surface area contributed by atoms with Gasteiger partial charge in [-0.1, -0.05) is 6.07 Å². The standard InChI is InChI=1S/C24H32F3N5O/c1-29-11-3-8-21(29)22-9-4-13-32(22)23(33)28-10-5-12-30-14-16-31(17-15-30)20-7-2-6-19(18-20)24(25,26)27/h2-3,6-8,11,18,22H,4-5,9-10,12-17H2,1H3,(H,28,33). The minimum Gasteiger partial charge on any atom is -0.369 e. The van der Waals surface area contributed by atoms with Crippen LogP contribution in [0.25, 0.3) is 0 Å². The second-order valence-corrected chi connectivity index (χ2v) is 8.86. The molecule has 2 aromatic rings. The van der Waals surface area contributed by atoms with Gasteiger partial charge in [0.1, 0.15) is 0 Å². The minimum absolute atomic E-state index is 0.00642. The van der Waals surface area contributed by atoms with E-state index in [1.165, 1.54) is 17.8 Å². The first-order valence-corrected chi connectivity index (χ1v) is 11.6. The van der Waals surface area contributed by atoms with E-state index in [-0.39, 0.29) is 12.1 Å². The molecule has 0 radical (unpaired) electrons. The molecule has 6 nitrogen and oxygen atoms in total. The number of benzene rings is 1. The molecule has 1 atom stereocenters. The van der Waals surface area contributed by atoms with Gasteiger partial charge in [-0.05, 0) is 56.1 Å². The number of hydrogen-bond acceptors (Lipinski definition) is 3. The zero-order valence-electron chi connectivity index (χ0n) is 19.0. The van der Waals surface area contributed by atoms with Gasteiger partial charge in [0.2, 0.25) is 0 Å². The number of halogens is 3. The molecule has 0 bridgehead atoms. The summed E-state index contributed by atoms with van der Waals surface area (Å²) in [5, 5.41) is 3.06. The van der Waals surface area contributed by atoms with Crippen molar-refractivity contribution in [2.45, 2.75) is 31.5 Å². The summed E-state index contributed by atoms with van der Waals surface area (Å²) >= 11 is 0. The van der Waals surface area contributed by atoms with Crippen molar-refractivity contribution in [1.82, 2.24) is 19.7 Å². The van der Waals surface area contributed by atoms with E-state index in [0.717, 1.165) is 51.5 Å². The van der Waals surface area contributed by atoms with Crippen LogP contribution in [0.2, 0.25) is 0 Å². The number of aromatic nitrogens is 1. The van der Waals surface area contributed by atoms with Crippen molar-refractivity contribution in [3.63, 3.8) is 0 Å². The lowest BCUT2D eigenvalue weighted by Gasteiger charge is -2.36. The first-order valence-electron chi connectivity index (χ1n) is 11.6. The van der Waals surface area contributed by atoms with Gasteiger partial charge < -0.3 is 19.7 Å². The Balaban J connectivity index is 1.18. The molecule has 1 N–H and O–H groups in total. The van der Waals surface area contributed by atoms with E-state index >= 15 is 0 Å². The molecular formula is C24H32F3N5O. The van der Waals surface area contributed by atoms with Crippen molar-refractivity contribution in [2.75, 3.05) is 50.7 Å². The van der Waals surface area contributed by atoms with Gasteiger partial charge >= 0.3 is 12.2 Å². The molecular weight excluding hydrogens is 431 g/mol. The van der Waals surface area contributed by atoms with Crippen LogP contribution in [0.1, 0.15) is 36.6 Å². The van der Waals surface area contributed by atoms with Crippen LogP contribution in [0.15, 0.2) is 42.6 Å². The van der Waals surface area contributed by atoms with E-state index < -0.39 is 11.7 Å². The molecule has 1 unspecified atom stereocenters. The molecule has 4 rings (SSSR count). The zero-order valence-corrected chi connectivity index (χ0v) is 19.0. The van der Waals surface area contributed by atoms with Crippen molar-refractivity contribution in [3.05, 3.63) is 53.9 Å². The van der Waals surface area contributed by atoms with E-state index in [1.54, 1.807) is 6.07 Å². The van der Waals surface area contributed by atoms with Crippen LogP contribution in [0.3, 0.4) is 0 Å². The predicted octanol–water partition coefficient (Wildman–Crippen LogP) is 4.10. The number of aryl methyl sites for hydroxylation is 1. The number of alkyl halides is 3. The molecule has 1 aromatic heterocycles. The molecule has 2 fully saturated rings. The van der Waals surface area contributed by atoms with Gasteiger partial charge in [0.25, 0.3) is 0 Å². The van der Waals surface area contributed by atoms with E-state index in [2.05, 4.69) is 20.9 Å². The molecule has 0 aliphatic carbocycles. The molecule has 33 heavy (non-hydrogen) atoms. The van der Waals surface area contributed by atoms with E-state index in [9.17, 15) is 18.0 Å². The molecule has 0 saturated carbocycles. The minimum atomic E-state index is -4.32. The summed E-state index contributed by atoms with van der Waals surface area (Å²) in [7, 11) is 2.01. The summed E-state index contributed by atoms with van der Waals surface area (Å²) in [5.74, 6) is 0. The smallest absolute Gasteiger partial charge is 0.369 e. The van der Waals surface area contributed by atoms with Gasteiger partial charge in [0, 0.05) is 63.9 Å². The highest BCUT2D eigenvalue weighted by molar-refractivity contribution is 5.75. The van der Waals surface area contributed by atoms with Crippen LogP contribution in [0.4, 0.5) is 23.7 Å². The Morgan fingerprint density at radius 1 is 1.09 bits per heavy atom. The highest BCUT2D eigenvalue weighted by atomic mass is 19.4. The number of anilines is 1. The lowest BCUT2D eigenvalue weighted by atomic mass is 10.1. The fraction of sp³-hybridized carbons (Fsp3) is 0.542. The summed E-state index contributed by atoms with van der Waals surface area (Å²) in [4.78, 5) is 19.0. The Morgan fingerprint density at radius 2 is 1.88 bits per heavy atom. The largest absolute Gasteiger partial charge is 0.416 e. The number of likely N-dealkylation sites (tertiary alicyclic amines) is 1. The first kappa shape index (κ1) is 23.5. The third-order valence-corrected chi connectivity index (χ3v) is 6.68. The molecule has 2 amide bonds. The number of hydrogen-bond donors (Lipinski definition) is 1. The second-order valence-electron chi connectivity index (χ2n) is 8.86. The maximum atomic E-state index is 13.0. The summed E-state index contributed by atoms with van der Waals surface area (Å²) in [6.07, 6.45) is 0.535. The average molecular weight is 464 g/mol. The van der Waals surface area contributed by atoms with Gasteiger partial charge in [0.05, 0.1) is 11.6 Å². The molecule has 9 heteroatoms. The van der Waals surface area contributed by atoms with Crippen LogP contribution < -0.4 is 10.2 Å². The Morgan fingerprint density at radius 3 is 2.58 bits per heavy atom. The summed E-state index contributed by atoms with van der Waals surface area (Å²) in [6.45, 7) is 5.23. The van der Waals surface area contributed by atoms with Gasteiger partial charge in [-0.3, -0.25) is 4.90 Å². The fourth-order valence-corrected chi connectivity index (χ4v) is 4.85. The molecule has 3 heterocycles. The van der Waals surface area contributed by atoms with Crippen molar-refractivity contribution in [3.8, 4) is 0 Å². The fourth-order valence-electron chi connectivity index (χ4n) is 4.85.